The summed E-state index contributed by atoms with van der Waals surface area (Å²) in [7, 11) is 0. The maximum atomic E-state index is 15.3. The van der Waals surface area contributed by atoms with E-state index < -0.39 is 12.0 Å². The number of phenols is 1. The molecule has 0 aliphatic heterocycles. The van der Waals surface area contributed by atoms with E-state index in [-0.39, 0.29) is 35.3 Å². The fraction of sp³-hybridized carbons (Fsp3) is 0.458. The van der Waals surface area contributed by atoms with Crippen LogP contribution >= 0.6 is 0 Å². The van der Waals surface area contributed by atoms with Crippen molar-refractivity contribution in [3.8, 4) is 28.9 Å². The highest BCUT2D eigenvalue weighted by molar-refractivity contribution is 5.66. The zero-order valence-corrected chi connectivity index (χ0v) is 18.8. The molecule has 0 saturated heterocycles. The van der Waals surface area contributed by atoms with Gasteiger partial charge in [0.15, 0.2) is 23.2 Å². The van der Waals surface area contributed by atoms with Gasteiger partial charge in [-0.1, -0.05) is 19.8 Å². The molecule has 0 radical (unpaired) electrons. The van der Waals surface area contributed by atoms with Crippen LogP contribution in [-0.4, -0.2) is 48.3 Å². The summed E-state index contributed by atoms with van der Waals surface area (Å²) in [5.41, 5.74) is 0.398. The highest BCUT2D eigenvalue weighted by Gasteiger charge is 2.42. The van der Waals surface area contributed by atoms with Crippen LogP contribution in [0.4, 0.5) is 14.6 Å². The topological polar surface area (TPSA) is 104 Å². The van der Waals surface area contributed by atoms with Gasteiger partial charge in [-0.2, -0.15) is 10.4 Å². The molecule has 8 nitrogen and oxygen atoms in total. The van der Waals surface area contributed by atoms with Crippen LogP contribution in [0, 0.1) is 23.1 Å². The predicted molar refractivity (Wildman–Crippen MR) is 121 cm³/mol. The number of aromatic hydroxyl groups is 1. The van der Waals surface area contributed by atoms with E-state index in [0.717, 1.165) is 44.7 Å². The van der Waals surface area contributed by atoms with Gasteiger partial charge in [-0.05, 0) is 43.7 Å². The van der Waals surface area contributed by atoms with E-state index in [1.54, 1.807) is 24.4 Å². The van der Waals surface area contributed by atoms with Crippen LogP contribution in [-0.2, 0) is 0 Å². The summed E-state index contributed by atoms with van der Waals surface area (Å²) in [6, 6.07) is 6.30. The van der Waals surface area contributed by atoms with Gasteiger partial charge >= 0.3 is 0 Å². The molecule has 3 aromatic rings. The van der Waals surface area contributed by atoms with Gasteiger partial charge in [-0.3, -0.25) is 0 Å². The Bertz CT molecular complexity index is 1220. The summed E-state index contributed by atoms with van der Waals surface area (Å²) >= 11 is 0. The summed E-state index contributed by atoms with van der Waals surface area (Å²) in [5.74, 6) is -0.0266. The molecule has 0 unspecified atom stereocenters. The second kappa shape index (κ2) is 8.97. The van der Waals surface area contributed by atoms with E-state index >= 15 is 4.39 Å². The quantitative estimate of drug-likeness (QED) is 0.578. The molecule has 2 aromatic heterocycles. The van der Waals surface area contributed by atoms with Crippen molar-refractivity contribution in [3.05, 3.63) is 42.1 Å². The number of halogens is 2. The molecule has 10 heteroatoms. The standard InChI is InChI=1S/C24H25F2N7O/c1-2-14-4-3-5-20(23(14)26)33(15-6-7-15)22-12-28-24(30-29-22)17-9-8-16(10-21(17)34)32-13-18(25)19(11-27)31-32/h8-10,12-15,20,23,34H,2-7H2,1H3/t14-,20+,23-/m1/s1. The number of nitrogens with zero attached hydrogens (tertiary/aromatic N) is 7. The average Bonchev–Trinajstić information content (AvgIpc) is 3.61. The Morgan fingerprint density at radius 3 is 2.68 bits per heavy atom. The summed E-state index contributed by atoms with van der Waals surface area (Å²) in [6.45, 7) is 2.04. The Kier molecular flexibility index (Phi) is 5.86. The minimum atomic E-state index is -0.897. The third-order valence-corrected chi connectivity index (χ3v) is 6.79. The van der Waals surface area contributed by atoms with Gasteiger partial charge in [0.05, 0.1) is 29.7 Å². The Balaban J connectivity index is 1.39. The summed E-state index contributed by atoms with van der Waals surface area (Å²) in [5, 5.41) is 31.9. The molecular formula is C24H25F2N7O. The van der Waals surface area contributed by atoms with E-state index in [0.29, 0.717) is 17.1 Å². The molecular weight excluding hydrogens is 440 g/mol. The van der Waals surface area contributed by atoms with E-state index in [1.165, 1.54) is 10.7 Å². The molecule has 2 saturated carbocycles. The van der Waals surface area contributed by atoms with Crippen LogP contribution in [0.2, 0.25) is 0 Å². The molecule has 176 valence electrons. The third kappa shape index (κ3) is 4.06. The van der Waals surface area contributed by atoms with Crippen LogP contribution < -0.4 is 4.90 Å². The first-order chi connectivity index (χ1) is 16.5. The molecule has 0 amide bonds. The van der Waals surface area contributed by atoms with E-state index in [2.05, 4.69) is 25.2 Å². The first kappa shape index (κ1) is 22.2. The lowest BCUT2D eigenvalue weighted by Gasteiger charge is -2.40. The number of nitriles is 1. The third-order valence-electron chi connectivity index (χ3n) is 6.79. The number of aromatic nitrogens is 5. The van der Waals surface area contributed by atoms with Crippen molar-refractivity contribution in [1.82, 2.24) is 25.0 Å². The number of alkyl halides is 1. The van der Waals surface area contributed by atoms with Crippen LogP contribution in [0.1, 0.15) is 51.1 Å². The Morgan fingerprint density at radius 2 is 2.06 bits per heavy atom. The molecule has 2 aliphatic carbocycles. The fourth-order valence-electron chi connectivity index (χ4n) is 4.85. The Morgan fingerprint density at radius 1 is 1.24 bits per heavy atom. The molecule has 2 fully saturated rings. The van der Waals surface area contributed by atoms with Crippen molar-refractivity contribution in [3.63, 3.8) is 0 Å². The van der Waals surface area contributed by atoms with E-state index in [9.17, 15) is 9.50 Å². The first-order valence-corrected chi connectivity index (χ1v) is 11.6. The summed E-state index contributed by atoms with van der Waals surface area (Å²) in [6.07, 6.45) is 7.33. The molecule has 2 aliphatic rings. The summed E-state index contributed by atoms with van der Waals surface area (Å²) < 4.78 is 30.1. The fourth-order valence-corrected chi connectivity index (χ4v) is 4.85. The lowest BCUT2D eigenvalue weighted by Crippen LogP contribution is -2.49. The second-order valence-corrected chi connectivity index (χ2v) is 8.97. The van der Waals surface area contributed by atoms with Gasteiger partial charge in [0.25, 0.3) is 0 Å². The number of hydrogen-bond donors (Lipinski definition) is 1. The van der Waals surface area contributed by atoms with E-state index in [1.807, 2.05) is 6.92 Å². The van der Waals surface area contributed by atoms with Gasteiger partial charge in [-0.15, -0.1) is 10.2 Å². The molecule has 34 heavy (non-hydrogen) atoms. The predicted octanol–water partition coefficient (Wildman–Crippen LogP) is 4.33. The maximum Gasteiger partial charge on any atom is 0.198 e. The van der Waals surface area contributed by atoms with Crippen LogP contribution in [0.3, 0.4) is 0 Å². The highest BCUT2D eigenvalue weighted by Crippen LogP contribution is 2.40. The average molecular weight is 466 g/mol. The first-order valence-electron chi connectivity index (χ1n) is 11.6. The van der Waals surface area contributed by atoms with Gasteiger partial charge in [-0.25, -0.2) is 18.4 Å². The molecule has 2 heterocycles. The normalized spacial score (nSPS) is 22.4. The number of hydrogen-bond acceptors (Lipinski definition) is 7. The number of anilines is 1. The molecule has 0 spiro atoms. The largest absolute Gasteiger partial charge is 0.507 e. The molecule has 5 rings (SSSR count). The van der Waals surface area contributed by atoms with Crippen molar-refractivity contribution in [2.45, 2.75) is 63.7 Å². The molecule has 0 bridgehead atoms. The zero-order chi connectivity index (χ0) is 23.8. The summed E-state index contributed by atoms with van der Waals surface area (Å²) in [4.78, 5) is 6.48. The van der Waals surface area contributed by atoms with Gasteiger partial charge < -0.3 is 10.0 Å². The Hall–Kier alpha value is -3.61. The number of rotatable bonds is 6. The van der Waals surface area contributed by atoms with Crippen LogP contribution in [0.25, 0.3) is 17.1 Å². The van der Waals surface area contributed by atoms with Crippen molar-refractivity contribution >= 4 is 5.82 Å². The maximum absolute atomic E-state index is 15.3. The zero-order valence-electron chi connectivity index (χ0n) is 18.8. The monoisotopic (exact) mass is 465 g/mol. The van der Waals surface area contributed by atoms with Gasteiger partial charge in [0.1, 0.15) is 18.0 Å². The molecule has 1 N–H and O–H groups in total. The number of phenolic OH excluding ortho intramolecular Hbond substituents is 1. The minimum absolute atomic E-state index is 0.0724. The second-order valence-electron chi connectivity index (χ2n) is 8.97. The molecule has 3 atom stereocenters. The van der Waals surface area contributed by atoms with Gasteiger partial charge in [0, 0.05) is 12.1 Å². The van der Waals surface area contributed by atoms with Crippen LogP contribution in [0.5, 0.6) is 5.75 Å². The lowest BCUT2D eigenvalue weighted by molar-refractivity contribution is 0.130. The van der Waals surface area contributed by atoms with E-state index in [4.69, 9.17) is 5.26 Å². The lowest BCUT2D eigenvalue weighted by atomic mass is 9.81. The number of benzene rings is 1. The Labute approximate surface area is 195 Å². The minimum Gasteiger partial charge on any atom is -0.507 e. The van der Waals surface area contributed by atoms with Crippen LogP contribution in [0.15, 0.2) is 30.6 Å². The van der Waals surface area contributed by atoms with Gasteiger partial charge in [0.2, 0.25) is 0 Å². The van der Waals surface area contributed by atoms with Crippen molar-refractivity contribution in [2.24, 2.45) is 5.92 Å². The van der Waals surface area contributed by atoms with Crippen molar-refractivity contribution in [2.75, 3.05) is 4.90 Å². The highest BCUT2D eigenvalue weighted by atomic mass is 19.1. The van der Waals surface area contributed by atoms with Crippen molar-refractivity contribution in [1.29, 1.82) is 5.26 Å². The molecule has 1 aromatic carbocycles. The SMILES string of the molecule is CC[C@@H]1CCC[C@H](N(c2cnc(-c3ccc(-n4cc(F)c(C#N)n4)cc3O)nn2)C2CC2)[C@@H]1F. The van der Waals surface area contributed by atoms with Crippen molar-refractivity contribution < 1.29 is 13.9 Å². The smallest absolute Gasteiger partial charge is 0.198 e.